The Morgan fingerprint density at radius 1 is 0.964 bits per heavy atom. The molecular weight excluding hydrogens is 354 g/mol. The van der Waals surface area contributed by atoms with Crippen LogP contribution in [-0.4, -0.2) is 51.7 Å². The van der Waals surface area contributed by atoms with Crippen LogP contribution >= 0.6 is 0 Å². The maximum absolute atomic E-state index is 12.5. The minimum Gasteiger partial charge on any atom is -0.377 e. The largest absolute Gasteiger partial charge is 0.377 e. The topological polar surface area (TPSA) is 70.7 Å². The molecule has 28 heavy (non-hydrogen) atoms. The first-order valence-corrected chi connectivity index (χ1v) is 9.54. The molecule has 3 rings (SSSR count). The first-order valence-electron chi connectivity index (χ1n) is 9.54. The lowest BCUT2D eigenvalue weighted by molar-refractivity contribution is 0.0843. The Balaban J connectivity index is 1.44. The van der Waals surface area contributed by atoms with Crippen molar-refractivity contribution in [2.24, 2.45) is 5.92 Å². The summed E-state index contributed by atoms with van der Waals surface area (Å²) in [6.45, 7) is 1.62. The van der Waals surface area contributed by atoms with E-state index < -0.39 is 0 Å². The number of hydrogen-bond acceptors (Lipinski definition) is 4. The Morgan fingerprint density at radius 3 is 2.39 bits per heavy atom. The van der Waals surface area contributed by atoms with Crippen molar-refractivity contribution >= 4 is 17.5 Å². The van der Waals surface area contributed by atoms with Crippen LogP contribution in [0.5, 0.6) is 0 Å². The van der Waals surface area contributed by atoms with E-state index >= 15 is 0 Å². The molecule has 1 aliphatic heterocycles. The van der Waals surface area contributed by atoms with Gasteiger partial charge in [0.2, 0.25) is 0 Å². The number of rotatable bonds is 7. The minimum absolute atomic E-state index is 0.0332. The van der Waals surface area contributed by atoms with Crippen molar-refractivity contribution in [3.05, 3.63) is 65.7 Å². The van der Waals surface area contributed by atoms with Gasteiger partial charge in [-0.05, 0) is 30.7 Å². The number of anilines is 1. The van der Waals surface area contributed by atoms with Crippen molar-refractivity contribution in [2.45, 2.75) is 12.5 Å². The summed E-state index contributed by atoms with van der Waals surface area (Å²) in [4.78, 5) is 26.6. The van der Waals surface area contributed by atoms with Crippen molar-refractivity contribution < 1.29 is 14.3 Å². The highest BCUT2D eigenvalue weighted by Crippen LogP contribution is 2.20. The van der Waals surface area contributed by atoms with Crippen molar-refractivity contribution in [1.29, 1.82) is 0 Å². The molecule has 0 bridgehead atoms. The molecule has 2 N–H and O–H groups in total. The third-order valence-corrected chi connectivity index (χ3v) is 4.87. The van der Waals surface area contributed by atoms with Gasteiger partial charge in [0, 0.05) is 44.4 Å². The molecule has 1 fully saturated rings. The molecule has 6 nitrogen and oxygen atoms in total. The number of nitrogens with zero attached hydrogens (tertiary/aromatic N) is 1. The summed E-state index contributed by atoms with van der Waals surface area (Å²) >= 11 is 0. The molecular formula is C22H27N3O3. The maximum Gasteiger partial charge on any atom is 0.253 e. The van der Waals surface area contributed by atoms with Gasteiger partial charge in [0.25, 0.3) is 11.8 Å². The predicted octanol–water partition coefficient (Wildman–Crippen LogP) is 2.32. The van der Waals surface area contributed by atoms with Crippen LogP contribution in [0.3, 0.4) is 0 Å². The number of para-hydroxylation sites is 1. The van der Waals surface area contributed by atoms with Gasteiger partial charge in [0.15, 0.2) is 0 Å². The van der Waals surface area contributed by atoms with Crippen LogP contribution in [0.4, 0.5) is 5.69 Å². The van der Waals surface area contributed by atoms with E-state index in [2.05, 4.69) is 10.6 Å². The molecule has 0 unspecified atom stereocenters. The highest BCUT2D eigenvalue weighted by molar-refractivity contribution is 5.99. The minimum atomic E-state index is -0.103. The van der Waals surface area contributed by atoms with E-state index in [0.717, 1.165) is 12.1 Å². The number of carbonyl (C=O) groups is 2. The average molecular weight is 381 g/mol. The van der Waals surface area contributed by atoms with Crippen molar-refractivity contribution in [2.75, 3.05) is 38.7 Å². The Labute approximate surface area is 165 Å². The molecule has 2 aromatic carbocycles. The second kappa shape index (κ2) is 9.37. The van der Waals surface area contributed by atoms with Gasteiger partial charge in [-0.1, -0.05) is 30.3 Å². The van der Waals surface area contributed by atoms with Crippen LogP contribution in [0, 0.1) is 5.92 Å². The van der Waals surface area contributed by atoms with Crippen molar-refractivity contribution in [3.8, 4) is 0 Å². The highest BCUT2D eigenvalue weighted by atomic mass is 16.5. The zero-order valence-corrected chi connectivity index (χ0v) is 16.4. The Bertz CT molecular complexity index is 808. The summed E-state index contributed by atoms with van der Waals surface area (Å²) in [6, 6.07) is 16.7. The molecule has 1 heterocycles. The van der Waals surface area contributed by atoms with Crippen LogP contribution in [0.15, 0.2) is 54.6 Å². The van der Waals surface area contributed by atoms with Crippen LogP contribution < -0.4 is 15.5 Å². The third-order valence-electron chi connectivity index (χ3n) is 4.87. The Kier molecular flexibility index (Phi) is 6.66. The van der Waals surface area contributed by atoms with Gasteiger partial charge in [0.05, 0.1) is 18.3 Å². The quantitative estimate of drug-likeness (QED) is 0.772. The lowest BCUT2D eigenvalue weighted by Crippen LogP contribution is -2.33. The molecule has 0 aliphatic carbocycles. The van der Waals surface area contributed by atoms with E-state index in [1.807, 2.05) is 61.5 Å². The predicted molar refractivity (Wildman–Crippen MR) is 110 cm³/mol. The standard InChI is InChI=1S/C22H27N3O3/c1-25(2)20-11-7-6-10-19(20)22(27)24-14-18-12-16(15-28-18)13-23-21(26)17-8-4-3-5-9-17/h3-11,16,18H,12-15H2,1-2H3,(H,23,26)(H,24,27)/t16-,18+/m1/s1. The SMILES string of the molecule is CN(C)c1ccccc1C(=O)NC[C@@H]1C[C@H](CNC(=O)c2ccccc2)CO1. The van der Waals surface area contributed by atoms with Crippen LogP contribution in [0.1, 0.15) is 27.1 Å². The number of benzene rings is 2. The number of hydrogen-bond donors (Lipinski definition) is 2. The molecule has 1 aliphatic rings. The zero-order chi connectivity index (χ0) is 19.9. The first kappa shape index (κ1) is 19.9. The summed E-state index contributed by atoms with van der Waals surface area (Å²) in [5, 5.41) is 5.93. The van der Waals surface area contributed by atoms with Gasteiger partial charge in [-0.2, -0.15) is 0 Å². The lowest BCUT2D eigenvalue weighted by Gasteiger charge is -2.18. The summed E-state index contributed by atoms with van der Waals surface area (Å²) in [6.07, 6.45) is 0.777. The van der Waals surface area contributed by atoms with Gasteiger partial charge >= 0.3 is 0 Å². The molecule has 148 valence electrons. The molecule has 1 saturated heterocycles. The van der Waals surface area contributed by atoms with Crippen molar-refractivity contribution in [1.82, 2.24) is 10.6 Å². The fraction of sp³-hybridized carbons (Fsp3) is 0.364. The summed E-state index contributed by atoms with van der Waals surface area (Å²) in [7, 11) is 3.83. The molecule has 2 atom stereocenters. The van der Waals surface area contributed by atoms with Crippen LogP contribution in [0.25, 0.3) is 0 Å². The number of amides is 2. The summed E-state index contributed by atoms with van der Waals surface area (Å²) in [5.74, 6) is 0.0787. The number of carbonyl (C=O) groups excluding carboxylic acids is 2. The second-order valence-corrected chi connectivity index (χ2v) is 7.25. The highest BCUT2D eigenvalue weighted by Gasteiger charge is 2.26. The van der Waals surface area contributed by atoms with E-state index in [1.54, 1.807) is 12.1 Å². The molecule has 6 heteroatoms. The van der Waals surface area contributed by atoms with E-state index in [0.29, 0.717) is 30.8 Å². The van der Waals surface area contributed by atoms with Crippen LogP contribution in [0.2, 0.25) is 0 Å². The van der Waals surface area contributed by atoms with E-state index in [4.69, 9.17) is 4.74 Å². The lowest BCUT2D eigenvalue weighted by atomic mass is 10.1. The summed E-state index contributed by atoms with van der Waals surface area (Å²) < 4.78 is 5.79. The van der Waals surface area contributed by atoms with Gasteiger partial charge in [-0.15, -0.1) is 0 Å². The Hall–Kier alpha value is -2.86. The fourth-order valence-electron chi connectivity index (χ4n) is 3.35. The third kappa shape index (κ3) is 5.10. The monoisotopic (exact) mass is 381 g/mol. The molecule has 2 amide bonds. The zero-order valence-electron chi connectivity index (χ0n) is 16.4. The molecule has 0 aromatic heterocycles. The van der Waals surface area contributed by atoms with Gasteiger partial charge in [-0.3, -0.25) is 9.59 Å². The average Bonchev–Trinajstić information content (AvgIpc) is 3.18. The van der Waals surface area contributed by atoms with E-state index in [9.17, 15) is 9.59 Å². The normalized spacial score (nSPS) is 18.5. The molecule has 0 saturated carbocycles. The van der Waals surface area contributed by atoms with Gasteiger partial charge in [0.1, 0.15) is 0 Å². The summed E-state index contributed by atoms with van der Waals surface area (Å²) in [5.41, 5.74) is 2.19. The Morgan fingerprint density at radius 2 is 1.64 bits per heavy atom. The first-order chi connectivity index (χ1) is 13.5. The smallest absolute Gasteiger partial charge is 0.253 e. The molecule has 0 spiro atoms. The molecule has 0 radical (unpaired) electrons. The molecule has 2 aromatic rings. The van der Waals surface area contributed by atoms with Gasteiger partial charge < -0.3 is 20.3 Å². The fourth-order valence-corrected chi connectivity index (χ4v) is 3.35. The number of nitrogens with one attached hydrogen (secondary N) is 2. The van der Waals surface area contributed by atoms with Gasteiger partial charge in [-0.25, -0.2) is 0 Å². The number of ether oxygens (including phenoxy) is 1. The second-order valence-electron chi connectivity index (χ2n) is 7.25. The maximum atomic E-state index is 12.5. The van der Waals surface area contributed by atoms with Crippen LogP contribution in [-0.2, 0) is 4.74 Å². The van der Waals surface area contributed by atoms with E-state index in [1.165, 1.54) is 0 Å². The van der Waals surface area contributed by atoms with Crippen molar-refractivity contribution in [3.63, 3.8) is 0 Å². The van der Waals surface area contributed by atoms with E-state index in [-0.39, 0.29) is 23.8 Å².